The zero-order chi connectivity index (χ0) is 10.6. The van der Waals surface area contributed by atoms with Gasteiger partial charge in [-0.15, -0.1) is 0 Å². The molecular weight excluding hydrogens is 194 g/mol. The van der Waals surface area contributed by atoms with E-state index in [-0.39, 0.29) is 0 Å². The molecule has 0 aliphatic rings. The lowest BCUT2D eigenvalue weighted by Gasteiger charge is -2.13. The predicted octanol–water partition coefficient (Wildman–Crippen LogP) is 2.63. The molecule has 0 fully saturated rings. The van der Waals surface area contributed by atoms with E-state index >= 15 is 0 Å². The van der Waals surface area contributed by atoms with Crippen LogP contribution in [0.15, 0.2) is 29.2 Å². The van der Waals surface area contributed by atoms with Gasteiger partial charge in [0.1, 0.15) is 0 Å². The molecule has 2 atom stereocenters. The summed E-state index contributed by atoms with van der Waals surface area (Å²) in [6, 6.07) is 8.22. The molecule has 0 unspecified atom stereocenters. The molecule has 0 amide bonds. The standard InChI is InChI=1S/C11H17NOS/c1-4-9(2)12-10-6-5-7-11(8-10)14(3)13/h5-9,12H,4H2,1-3H3/t9-,14+/m1/s1. The van der Waals surface area contributed by atoms with Gasteiger partial charge in [0.2, 0.25) is 0 Å². The lowest BCUT2D eigenvalue weighted by molar-refractivity contribution is 0.686. The summed E-state index contributed by atoms with van der Waals surface area (Å²) in [5, 5.41) is 3.35. The Morgan fingerprint density at radius 2 is 2.21 bits per heavy atom. The minimum absolute atomic E-state index is 0.454. The van der Waals surface area contributed by atoms with Crippen molar-refractivity contribution in [3.05, 3.63) is 24.3 Å². The molecule has 2 nitrogen and oxygen atoms in total. The molecule has 0 aliphatic carbocycles. The third kappa shape index (κ3) is 3.14. The van der Waals surface area contributed by atoms with Crippen molar-refractivity contribution in [1.82, 2.24) is 0 Å². The Bertz CT molecular complexity index is 325. The second-order valence-electron chi connectivity index (χ2n) is 3.44. The highest BCUT2D eigenvalue weighted by Gasteiger charge is 2.01. The van der Waals surface area contributed by atoms with Crippen molar-refractivity contribution in [2.75, 3.05) is 11.6 Å². The SMILES string of the molecule is CC[C@@H](C)Nc1cccc([S@](C)=O)c1. The van der Waals surface area contributed by atoms with Crippen molar-refractivity contribution in [2.45, 2.75) is 31.2 Å². The lowest BCUT2D eigenvalue weighted by atomic mass is 10.2. The van der Waals surface area contributed by atoms with Crippen LogP contribution < -0.4 is 5.32 Å². The summed E-state index contributed by atoms with van der Waals surface area (Å²) >= 11 is 0. The van der Waals surface area contributed by atoms with Gasteiger partial charge in [0.25, 0.3) is 0 Å². The zero-order valence-corrected chi connectivity index (χ0v) is 9.73. The molecule has 1 aromatic rings. The van der Waals surface area contributed by atoms with Gasteiger partial charge in [0.05, 0.1) is 0 Å². The molecule has 1 N–H and O–H groups in total. The average Bonchev–Trinajstić information content (AvgIpc) is 2.18. The summed E-state index contributed by atoms with van der Waals surface area (Å²) in [7, 11) is -0.896. The third-order valence-corrected chi connectivity index (χ3v) is 3.11. The van der Waals surface area contributed by atoms with Gasteiger partial charge in [0, 0.05) is 33.7 Å². The van der Waals surface area contributed by atoms with Crippen LogP contribution in [0.25, 0.3) is 0 Å². The molecular formula is C11H17NOS. The van der Waals surface area contributed by atoms with E-state index in [0.717, 1.165) is 17.0 Å². The number of anilines is 1. The fourth-order valence-electron chi connectivity index (χ4n) is 1.15. The average molecular weight is 211 g/mol. The minimum atomic E-state index is -0.896. The number of rotatable bonds is 4. The summed E-state index contributed by atoms with van der Waals surface area (Å²) in [6.45, 7) is 4.27. The lowest BCUT2D eigenvalue weighted by Crippen LogP contribution is -2.13. The first-order valence-electron chi connectivity index (χ1n) is 4.83. The van der Waals surface area contributed by atoms with Gasteiger partial charge in [-0.25, -0.2) is 0 Å². The van der Waals surface area contributed by atoms with Crippen LogP contribution in [0.1, 0.15) is 20.3 Å². The molecule has 0 radical (unpaired) electrons. The van der Waals surface area contributed by atoms with Gasteiger partial charge < -0.3 is 5.32 Å². The molecule has 14 heavy (non-hydrogen) atoms. The highest BCUT2D eigenvalue weighted by atomic mass is 32.2. The maximum atomic E-state index is 11.2. The quantitative estimate of drug-likeness (QED) is 0.829. The van der Waals surface area contributed by atoms with Crippen LogP contribution >= 0.6 is 0 Å². The van der Waals surface area contributed by atoms with Crippen molar-refractivity contribution < 1.29 is 4.21 Å². The van der Waals surface area contributed by atoms with E-state index in [2.05, 4.69) is 19.2 Å². The molecule has 0 aromatic heterocycles. The Hall–Kier alpha value is -0.830. The van der Waals surface area contributed by atoms with E-state index in [0.29, 0.717) is 6.04 Å². The van der Waals surface area contributed by atoms with Crippen molar-refractivity contribution in [3.63, 3.8) is 0 Å². The van der Waals surface area contributed by atoms with Crippen LogP contribution in [0.4, 0.5) is 5.69 Å². The van der Waals surface area contributed by atoms with E-state index in [4.69, 9.17) is 0 Å². The van der Waals surface area contributed by atoms with E-state index in [1.807, 2.05) is 24.3 Å². The minimum Gasteiger partial charge on any atom is -0.383 e. The van der Waals surface area contributed by atoms with Crippen molar-refractivity contribution in [2.24, 2.45) is 0 Å². The summed E-state index contributed by atoms with van der Waals surface area (Å²) < 4.78 is 11.2. The Labute approximate surface area is 88.2 Å². The Kier molecular flexibility index (Phi) is 4.14. The summed E-state index contributed by atoms with van der Waals surface area (Å²) in [5.41, 5.74) is 1.05. The molecule has 78 valence electrons. The second-order valence-corrected chi connectivity index (χ2v) is 4.82. The van der Waals surface area contributed by atoms with Gasteiger partial charge >= 0.3 is 0 Å². The summed E-state index contributed by atoms with van der Waals surface area (Å²) in [6.07, 6.45) is 2.78. The first-order valence-corrected chi connectivity index (χ1v) is 6.39. The first-order chi connectivity index (χ1) is 6.63. The molecule has 0 heterocycles. The molecule has 0 saturated carbocycles. The van der Waals surface area contributed by atoms with E-state index in [1.165, 1.54) is 0 Å². The second kappa shape index (κ2) is 5.15. The first kappa shape index (κ1) is 11.2. The van der Waals surface area contributed by atoms with Crippen LogP contribution in [0, 0.1) is 0 Å². The van der Waals surface area contributed by atoms with Crippen LogP contribution in [0.2, 0.25) is 0 Å². The maximum absolute atomic E-state index is 11.2. The highest BCUT2D eigenvalue weighted by Crippen LogP contribution is 2.14. The van der Waals surface area contributed by atoms with E-state index in [1.54, 1.807) is 6.26 Å². The predicted molar refractivity (Wildman–Crippen MR) is 62.2 cm³/mol. The van der Waals surface area contributed by atoms with Crippen molar-refractivity contribution >= 4 is 16.5 Å². The Morgan fingerprint density at radius 3 is 2.79 bits per heavy atom. The van der Waals surface area contributed by atoms with Gasteiger partial charge in [-0.3, -0.25) is 4.21 Å². The molecule has 3 heteroatoms. The Balaban J connectivity index is 2.78. The molecule has 0 aliphatic heterocycles. The van der Waals surface area contributed by atoms with Crippen LogP contribution in [0.5, 0.6) is 0 Å². The largest absolute Gasteiger partial charge is 0.383 e. The molecule has 0 bridgehead atoms. The molecule has 1 aromatic carbocycles. The third-order valence-electron chi connectivity index (χ3n) is 2.19. The number of hydrogen-bond acceptors (Lipinski definition) is 2. The van der Waals surface area contributed by atoms with Gasteiger partial charge in [-0.05, 0) is 31.5 Å². The monoisotopic (exact) mass is 211 g/mol. The topological polar surface area (TPSA) is 29.1 Å². The van der Waals surface area contributed by atoms with Crippen LogP contribution in [-0.2, 0) is 10.8 Å². The fourth-order valence-corrected chi connectivity index (χ4v) is 1.71. The number of nitrogens with one attached hydrogen (secondary N) is 1. The number of benzene rings is 1. The molecule has 0 saturated heterocycles. The smallest absolute Gasteiger partial charge is 0.0498 e. The van der Waals surface area contributed by atoms with Gasteiger partial charge in [0.15, 0.2) is 0 Å². The summed E-state index contributed by atoms with van der Waals surface area (Å²) in [4.78, 5) is 0.873. The van der Waals surface area contributed by atoms with Crippen molar-refractivity contribution in [3.8, 4) is 0 Å². The van der Waals surface area contributed by atoms with E-state index in [9.17, 15) is 4.21 Å². The van der Waals surface area contributed by atoms with Crippen molar-refractivity contribution in [1.29, 1.82) is 0 Å². The number of hydrogen-bond donors (Lipinski definition) is 1. The van der Waals surface area contributed by atoms with E-state index < -0.39 is 10.8 Å². The maximum Gasteiger partial charge on any atom is 0.0498 e. The van der Waals surface area contributed by atoms with Gasteiger partial charge in [-0.1, -0.05) is 13.0 Å². The zero-order valence-electron chi connectivity index (χ0n) is 8.91. The molecule has 0 spiro atoms. The van der Waals surface area contributed by atoms with Crippen LogP contribution in [0.3, 0.4) is 0 Å². The van der Waals surface area contributed by atoms with Gasteiger partial charge in [-0.2, -0.15) is 0 Å². The summed E-state index contributed by atoms with van der Waals surface area (Å²) in [5.74, 6) is 0. The van der Waals surface area contributed by atoms with Crippen LogP contribution in [-0.4, -0.2) is 16.5 Å². The normalized spacial score (nSPS) is 14.8. The fraction of sp³-hybridized carbons (Fsp3) is 0.455. The Morgan fingerprint density at radius 1 is 1.50 bits per heavy atom. The highest BCUT2D eigenvalue weighted by molar-refractivity contribution is 7.84. The molecule has 1 rings (SSSR count).